The molecule has 0 fully saturated rings. The summed E-state index contributed by atoms with van der Waals surface area (Å²) < 4.78 is 1.98. The predicted octanol–water partition coefficient (Wildman–Crippen LogP) is 4.74. The molecule has 0 unspecified atom stereocenters. The van der Waals surface area contributed by atoms with Crippen LogP contribution in [0.2, 0.25) is 0 Å². The lowest BCUT2D eigenvalue weighted by Gasteiger charge is -2.10. The molecular formula is C22H18N6S. The monoisotopic (exact) mass is 398 g/mol. The third kappa shape index (κ3) is 3.43. The number of rotatable bonds is 5. The van der Waals surface area contributed by atoms with Gasteiger partial charge in [-0.2, -0.15) is 11.3 Å². The number of nitrogens with two attached hydrogens (primary N) is 1. The van der Waals surface area contributed by atoms with E-state index in [1.807, 2.05) is 58.5 Å². The molecule has 0 radical (unpaired) electrons. The van der Waals surface area contributed by atoms with Crippen molar-refractivity contribution in [2.45, 2.75) is 6.54 Å². The van der Waals surface area contributed by atoms with Crippen LogP contribution in [0.25, 0.3) is 28.2 Å². The van der Waals surface area contributed by atoms with E-state index in [1.54, 1.807) is 17.7 Å². The molecule has 0 atom stereocenters. The van der Waals surface area contributed by atoms with Crippen molar-refractivity contribution < 1.29 is 0 Å². The lowest BCUT2D eigenvalue weighted by molar-refractivity contribution is 1.06. The molecule has 142 valence electrons. The van der Waals surface area contributed by atoms with Crippen molar-refractivity contribution in [3.63, 3.8) is 0 Å². The number of thiophene rings is 1. The van der Waals surface area contributed by atoms with Crippen LogP contribution < -0.4 is 11.1 Å². The van der Waals surface area contributed by atoms with E-state index in [2.05, 4.69) is 27.8 Å². The SMILES string of the molecule is Nc1cccc(-c2nc(NCc3ccccc3)c3ncn(-c4ccsc4)c3n2)c1. The fourth-order valence-electron chi connectivity index (χ4n) is 3.20. The van der Waals surface area contributed by atoms with E-state index in [1.165, 1.54) is 5.56 Å². The second kappa shape index (κ2) is 7.37. The molecule has 0 aliphatic rings. The number of nitrogens with zero attached hydrogens (tertiary/aromatic N) is 4. The molecular weight excluding hydrogens is 380 g/mol. The molecule has 0 saturated heterocycles. The van der Waals surface area contributed by atoms with Gasteiger partial charge in [0.05, 0.1) is 5.69 Å². The van der Waals surface area contributed by atoms with Crippen LogP contribution >= 0.6 is 11.3 Å². The summed E-state index contributed by atoms with van der Waals surface area (Å²) in [5, 5.41) is 7.54. The number of nitrogens with one attached hydrogen (secondary N) is 1. The summed E-state index contributed by atoms with van der Waals surface area (Å²) in [5.74, 6) is 1.31. The first-order chi connectivity index (χ1) is 14.3. The van der Waals surface area contributed by atoms with E-state index in [9.17, 15) is 0 Å². The van der Waals surface area contributed by atoms with E-state index in [0.29, 0.717) is 23.9 Å². The number of hydrogen-bond donors (Lipinski definition) is 2. The normalized spacial score (nSPS) is 11.0. The molecule has 0 saturated carbocycles. The Morgan fingerprint density at radius 3 is 2.69 bits per heavy atom. The molecule has 6 nitrogen and oxygen atoms in total. The summed E-state index contributed by atoms with van der Waals surface area (Å²) in [7, 11) is 0. The lowest BCUT2D eigenvalue weighted by Crippen LogP contribution is -2.05. The van der Waals surface area contributed by atoms with Gasteiger partial charge in [-0.15, -0.1) is 0 Å². The summed E-state index contributed by atoms with van der Waals surface area (Å²) in [4.78, 5) is 14.2. The van der Waals surface area contributed by atoms with E-state index in [4.69, 9.17) is 15.7 Å². The van der Waals surface area contributed by atoms with Gasteiger partial charge in [0.1, 0.15) is 6.33 Å². The van der Waals surface area contributed by atoms with Crippen LogP contribution in [0.3, 0.4) is 0 Å². The average Bonchev–Trinajstić information content (AvgIpc) is 3.42. The van der Waals surface area contributed by atoms with Crippen LogP contribution in [-0.4, -0.2) is 19.5 Å². The van der Waals surface area contributed by atoms with Gasteiger partial charge in [0.25, 0.3) is 0 Å². The zero-order valence-corrected chi connectivity index (χ0v) is 16.3. The van der Waals surface area contributed by atoms with E-state index < -0.39 is 0 Å². The summed E-state index contributed by atoms with van der Waals surface area (Å²) in [6.07, 6.45) is 1.79. The van der Waals surface area contributed by atoms with Gasteiger partial charge in [0.15, 0.2) is 22.8 Å². The second-order valence-corrected chi connectivity index (χ2v) is 7.41. The molecule has 3 aromatic heterocycles. The fourth-order valence-corrected chi connectivity index (χ4v) is 3.82. The number of hydrogen-bond acceptors (Lipinski definition) is 6. The Morgan fingerprint density at radius 1 is 1.00 bits per heavy atom. The number of nitrogen functional groups attached to an aromatic ring is 1. The van der Waals surface area contributed by atoms with Crippen molar-refractivity contribution >= 4 is 34.0 Å². The molecule has 0 bridgehead atoms. The largest absolute Gasteiger partial charge is 0.399 e. The molecule has 29 heavy (non-hydrogen) atoms. The third-order valence-electron chi connectivity index (χ3n) is 4.63. The maximum atomic E-state index is 5.98. The second-order valence-electron chi connectivity index (χ2n) is 6.63. The fraction of sp³-hybridized carbons (Fsp3) is 0.0455. The van der Waals surface area contributed by atoms with Crippen LogP contribution in [0.5, 0.6) is 0 Å². The average molecular weight is 398 g/mol. The Morgan fingerprint density at radius 2 is 1.90 bits per heavy atom. The third-order valence-corrected chi connectivity index (χ3v) is 5.30. The van der Waals surface area contributed by atoms with Crippen LogP contribution in [0.15, 0.2) is 77.8 Å². The Labute approximate surface area is 171 Å². The van der Waals surface area contributed by atoms with Crippen LogP contribution in [0.1, 0.15) is 5.56 Å². The van der Waals surface area contributed by atoms with E-state index >= 15 is 0 Å². The highest BCUT2D eigenvalue weighted by Crippen LogP contribution is 2.27. The Balaban J connectivity index is 1.64. The summed E-state index contributed by atoms with van der Waals surface area (Å²) in [6.45, 7) is 0.647. The maximum Gasteiger partial charge on any atom is 0.170 e. The maximum absolute atomic E-state index is 5.98. The van der Waals surface area contributed by atoms with Gasteiger partial charge in [-0.3, -0.25) is 4.57 Å². The molecule has 5 rings (SSSR count). The molecule has 3 N–H and O–H groups in total. The first-order valence-corrected chi connectivity index (χ1v) is 10.1. The first kappa shape index (κ1) is 17.4. The molecule has 7 heteroatoms. The predicted molar refractivity (Wildman–Crippen MR) is 118 cm³/mol. The van der Waals surface area contributed by atoms with Crippen LogP contribution in [-0.2, 0) is 6.54 Å². The minimum Gasteiger partial charge on any atom is -0.399 e. The minimum absolute atomic E-state index is 0.609. The summed E-state index contributed by atoms with van der Waals surface area (Å²) in [5.41, 5.74) is 11.2. The smallest absolute Gasteiger partial charge is 0.170 e. The standard InChI is InChI=1S/C22H18N6S/c23-17-8-4-7-16(11-17)20-26-21(24-12-15-5-2-1-3-6-15)19-22(27-20)28(14-25-19)18-9-10-29-13-18/h1-11,13-14H,12,23H2,(H,24,26,27). The minimum atomic E-state index is 0.609. The van der Waals surface area contributed by atoms with Gasteiger partial charge in [-0.05, 0) is 29.1 Å². The zero-order chi connectivity index (χ0) is 19.6. The molecule has 5 aromatic rings. The van der Waals surface area contributed by atoms with Crippen molar-refractivity contribution in [1.82, 2.24) is 19.5 Å². The van der Waals surface area contributed by atoms with Gasteiger partial charge >= 0.3 is 0 Å². The van der Waals surface area contributed by atoms with Crippen molar-refractivity contribution in [3.8, 4) is 17.1 Å². The van der Waals surface area contributed by atoms with Gasteiger partial charge < -0.3 is 11.1 Å². The van der Waals surface area contributed by atoms with Crippen molar-refractivity contribution in [1.29, 1.82) is 0 Å². The van der Waals surface area contributed by atoms with E-state index in [-0.39, 0.29) is 0 Å². The summed E-state index contributed by atoms with van der Waals surface area (Å²) in [6, 6.07) is 19.9. The number of aromatic nitrogens is 4. The topological polar surface area (TPSA) is 81.6 Å². The van der Waals surface area contributed by atoms with Gasteiger partial charge in [-0.1, -0.05) is 42.5 Å². The van der Waals surface area contributed by atoms with Crippen molar-refractivity contribution in [3.05, 3.63) is 83.3 Å². The van der Waals surface area contributed by atoms with Crippen LogP contribution in [0, 0.1) is 0 Å². The molecule has 0 aliphatic carbocycles. The van der Waals surface area contributed by atoms with E-state index in [0.717, 1.165) is 22.4 Å². The Kier molecular flexibility index (Phi) is 4.42. The number of imidazole rings is 1. The Hall–Kier alpha value is -3.71. The number of fused-ring (bicyclic) bond motifs is 1. The van der Waals surface area contributed by atoms with Gasteiger partial charge in [0.2, 0.25) is 0 Å². The van der Waals surface area contributed by atoms with Crippen LogP contribution in [0.4, 0.5) is 11.5 Å². The molecule has 0 amide bonds. The lowest BCUT2D eigenvalue weighted by atomic mass is 10.2. The highest BCUT2D eigenvalue weighted by Gasteiger charge is 2.15. The highest BCUT2D eigenvalue weighted by atomic mass is 32.1. The van der Waals surface area contributed by atoms with Crippen molar-refractivity contribution in [2.24, 2.45) is 0 Å². The number of benzene rings is 2. The van der Waals surface area contributed by atoms with Gasteiger partial charge in [0, 0.05) is 23.2 Å². The summed E-state index contributed by atoms with van der Waals surface area (Å²) >= 11 is 1.64. The van der Waals surface area contributed by atoms with Crippen molar-refractivity contribution in [2.75, 3.05) is 11.1 Å². The molecule has 0 aliphatic heterocycles. The Bertz CT molecular complexity index is 1260. The quantitative estimate of drug-likeness (QED) is 0.418. The highest BCUT2D eigenvalue weighted by molar-refractivity contribution is 7.08. The molecule has 0 spiro atoms. The number of anilines is 2. The molecule has 3 heterocycles. The molecule has 2 aromatic carbocycles. The zero-order valence-electron chi connectivity index (χ0n) is 15.5. The van der Waals surface area contributed by atoms with Gasteiger partial charge in [-0.25, -0.2) is 15.0 Å². The first-order valence-electron chi connectivity index (χ1n) is 9.19.